The Morgan fingerprint density at radius 3 is 2.57 bits per heavy atom. The van der Waals surface area contributed by atoms with E-state index in [1.165, 1.54) is 6.07 Å². The summed E-state index contributed by atoms with van der Waals surface area (Å²) in [6, 6.07) is 3.39. The number of hydrogen-bond donors (Lipinski definition) is 2. The number of halogens is 2. The van der Waals surface area contributed by atoms with E-state index in [-0.39, 0.29) is 24.5 Å². The number of nitrogens with zero attached hydrogens (tertiary/aromatic N) is 3. The summed E-state index contributed by atoms with van der Waals surface area (Å²) in [7, 11) is -3.50. The maximum absolute atomic E-state index is 13.4. The molecule has 2 N–H and O–H groups in total. The van der Waals surface area contributed by atoms with Gasteiger partial charge in [0.05, 0.1) is 12.5 Å². The molecule has 11 heteroatoms. The second-order valence-electron chi connectivity index (χ2n) is 4.61. The number of rotatable bonds is 6. The first-order valence-corrected chi connectivity index (χ1v) is 8.21. The number of carbonyl (C=O) groups is 1. The van der Waals surface area contributed by atoms with Crippen molar-refractivity contribution in [2.45, 2.75) is 13.1 Å². The molecule has 8 nitrogen and oxygen atoms in total. The largest absolute Gasteiger partial charge is 0.350 e. The SMILES string of the molecule is CS(=O)(=O)Nc1cnn(CC(=O)NCc2c(F)cccc2F)n1. The molecule has 0 saturated carbocycles. The quantitative estimate of drug-likeness (QED) is 0.780. The van der Waals surface area contributed by atoms with Crippen molar-refractivity contribution in [1.82, 2.24) is 20.3 Å². The molecule has 2 rings (SSSR count). The fourth-order valence-electron chi connectivity index (χ4n) is 1.68. The van der Waals surface area contributed by atoms with Crippen molar-refractivity contribution in [3.8, 4) is 0 Å². The Bertz CT molecular complexity index is 802. The van der Waals surface area contributed by atoms with Crippen LogP contribution in [0.5, 0.6) is 0 Å². The normalized spacial score (nSPS) is 11.3. The summed E-state index contributed by atoms with van der Waals surface area (Å²) in [5, 5.41) is 9.76. The number of benzene rings is 1. The minimum absolute atomic E-state index is 0.0413. The molecule has 1 amide bonds. The topological polar surface area (TPSA) is 106 Å². The Hall–Kier alpha value is -2.56. The standard InChI is InChI=1S/C12H13F2N5O3S/c1-23(21,22)18-11-6-16-19(17-11)7-12(20)15-5-8-9(13)3-2-4-10(8)14/h2-4,6H,5,7H2,1H3,(H,15,20)(H,17,18). The number of amides is 1. The molecule has 0 atom stereocenters. The Morgan fingerprint density at radius 1 is 1.30 bits per heavy atom. The van der Waals surface area contributed by atoms with Gasteiger partial charge in [0.25, 0.3) is 0 Å². The zero-order valence-corrected chi connectivity index (χ0v) is 12.8. The molecule has 0 fully saturated rings. The average molecular weight is 345 g/mol. The van der Waals surface area contributed by atoms with Gasteiger partial charge < -0.3 is 5.32 Å². The minimum Gasteiger partial charge on any atom is -0.350 e. The lowest BCUT2D eigenvalue weighted by molar-refractivity contribution is -0.122. The van der Waals surface area contributed by atoms with Crippen molar-refractivity contribution in [2.75, 3.05) is 11.0 Å². The van der Waals surface area contributed by atoms with Crippen molar-refractivity contribution in [2.24, 2.45) is 0 Å². The Morgan fingerprint density at radius 2 is 1.96 bits per heavy atom. The fraction of sp³-hybridized carbons (Fsp3) is 0.250. The van der Waals surface area contributed by atoms with E-state index < -0.39 is 27.6 Å². The van der Waals surface area contributed by atoms with E-state index in [9.17, 15) is 22.0 Å². The van der Waals surface area contributed by atoms with Gasteiger partial charge in [-0.1, -0.05) is 6.07 Å². The monoisotopic (exact) mass is 345 g/mol. The molecule has 1 aromatic heterocycles. The minimum atomic E-state index is -3.50. The van der Waals surface area contributed by atoms with E-state index in [1.54, 1.807) is 0 Å². The number of anilines is 1. The van der Waals surface area contributed by atoms with Gasteiger partial charge in [-0.2, -0.15) is 9.90 Å². The predicted octanol–water partition coefficient (Wildman–Crippen LogP) is 0.244. The third-order valence-electron chi connectivity index (χ3n) is 2.64. The highest BCUT2D eigenvalue weighted by Gasteiger charge is 2.12. The van der Waals surface area contributed by atoms with Crippen LogP contribution in [0.2, 0.25) is 0 Å². The smallest absolute Gasteiger partial charge is 0.243 e. The lowest BCUT2D eigenvalue weighted by Gasteiger charge is -2.07. The van der Waals surface area contributed by atoms with Crippen LogP contribution in [0.1, 0.15) is 5.56 Å². The van der Waals surface area contributed by atoms with E-state index in [0.717, 1.165) is 29.4 Å². The molecule has 0 bridgehead atoms. The van der Waals surface area contributed by atoms with Gasteiger partial charge >= 0.3 is 0 Å². The molecule has 0 aliphatic rings. The molecule has 0 radical (unpaired) electrons. The van der Waals surface area contributed by atoms with E-state index in [2.05, 4.69) is 20.2 Å². The maximum Gasteiger partial charge on any atom is 0.243 e. The molecule has 1 aromatic carbocycles. The highest BCUT2D eigenvalue weighted by atomic mass is 32.2. The summed E-state index contributed by atoms with van der Waals surface area (Å²) < 4.78 is 50.9. The van der Waals surface area contributed by atoms with Crippen LogP contribution in [-0.4, -0.2) is 35.6 Å². The summed E-state index contributed by atoms with van der Waals surface area (Å²) in [6.07, 6.45) is 2.08. The number of sulfonamides is 1. The van der Waals surface area contributed by atoms with Crippen LogP contribution in [0.3, 0.4) is 0 Å². The number of aromatic nitrogens is 3. The summed E-state index contributed by atoms with van der Waals surface area (Å²) in [5.74, 6) is -2.15. The predicted molar refractivity (Wildman–Crippen MR) is 76.7 cm³/mol. The molecular weight excluding hydrogens is 332 g/mol. The third kappa shape index (κ3) is 4.98. The van der Waals surface area contributed by atoms with Crippen LogP contribution in [0.4, 0.5) is 14.6 Å². The second-order valence-corrected chi connectivity index (χ2v) is 6.36. The lowest BCUT2D eigenvalue weighted by atomic mass is 10.2. The number of nitrogens with one attached hydrogen (secondary N) is 2. The summed E-state index contributed by atoms with van der Waals surface area (Å²) in [5.41, 5.74) is -0.256. The molecule has 0 aliphatic heterocycles. The van der Waals surface area contributed by atoms with Gasteiger partial charge in [-0.05, 0) is 12.1 Å². The van der Waals surface area contributed by atoms with Gasteiger partial charge in [-0.3, -0.25) is 9.52 Å². The number of carbonyl (C=O) groups excluding carboxylic acids is 1. The highest BCUT2D eigenvalue weighted by molar-refractivity contribution is 7.92. The Kier molecular flexibility index (Phi) is 4.89. The van der Waals surface area contributed by atoms with Gasteiger partial charge in [0, 0.05) is 12.1 Å². The fourth-order valence-corrected chi connectivity index (χ4v) is 2.16. The third-order valence-corrected chi connectivity index (χ3v) is 3.22. The Labute approximate surface area is 130 Å². The van der Waals surface area contributed by atoms with Crippen molar-refractivity contribution in [3.63, 3.8) is 0 Å². The zero-order chi connectivity index (χ0) is 17.0. The maximum atomic E-state index is 13.4. The first-order chi connectivity index (χ1) is 10.7. The van der Waals surface area contributed by atoms with Gasteiger partial charge in [-0.15, -0.1) is 5.10 Å². The van der Waals surface area contributed by atoms with E-state index in [0.29, 0.717) is 0 Å². The van der Waals surface area contributed by atoms with Gasteiger partial charge in [0.15, 0.2) is 5.82 Å². The van der Waals surface area contributed by atoms with Crippen LogP contribution in [0, 0.1) is 11.6 Å². The van der Waals surface area contributed by atoms with Crippen LogP contribution in [0.25, 0.3) is 0 Å². The molecule has 1 heterocycles. The number of hydrogen-bond acceptors (Lipinski definition) is 5. The molecule has 2 aromatic rings. The van der Waals surface area contributed by atoms with E-state index in [4.69, 9.17) is 0 Å². The molecule has 0 aliphatic carbocycles. The summed E-state index contributed by atoms with van der Waals surface area (Å²) in [6.45, 7) is -0.658. The van der Waals surface area contributed by atoms with Crippen LogP contribution >= 0.6 is 0 Å². The average Bonchev–Trinajstić information content (AvgIpc) is 2.83. The van der Waals surface area contributed by atoms with Crippen LogP contribution in [-0.2, 0) is 27.9 Å². The van der Waals surface area contributed by atoms with Gasteiger partial charge in [0.1, 0.15) is 18.2 Å². The summed E-state index contributed by atoms with van der Waals surface area (Å²) >= 11 is 0. The zero-order valence-electron chi connectivity index (χ0n) is 12.0. The molecule has 23 heavy (non-hydrogen) atoms. The first kappa shape index (κ1) is 16.8. The van der Waals surface area contributed by atoms with Crippen molar-refractivity contribution in [1.29, 1.82) is 0 Å². The molecular formula is C12H13F2N5O3S. The molecule has 0 spiro atoms. The van der Waals surface area contributed by atoms with Gasteiger partial charge in [0.2, 0.25) is 15.9 Å². The Balaban J connectivity index is 1.93. The van der Waals surface area contributed by atoms with Crippen molar-refractivity contribution >= 4 is 21.7 Å². The van der Waals surface area contributed by atoms with E-state index >= 15 is 0 Å². The lowest BCUT2D eigenvalue weighted by Crippen LogP contribution is -2.28. The molecule has 0 saturated heterocycles. The first-order valence-electron chi connectivity index (χ1n) is 6.32. The second kappa shape index (κ2) is 6.69. The summed E-state index contributed by atoms with van der Waals surface area (Å²) in [4.78, 5) is 12.7. The van der Waals surface area contributed by atoms with Gasteiger partial charge in [-0.25, -0.2) is 17.2 Å². The van der Waals surface area contributed by atoms with Crippen LogP contribution < -0.4 is 10.0 Å². The van der Waals surface area contributed by atoms with Crippen molar-refractivity contribution in [3.05, 3.63) is 41.6 Å². The highest BCUT2D eigenvalue weighted by Crippen LogP contribution is 2.11. The van der Waals surface area contributed by atoms with E-state index in [1.807, 2.05) is 0 Å². The molecule has 0 unspecified atom stereocenters. The molecule has 124 valence electrons. The van der Waals surface area contributed by atoms with Crippen molar-refractivity contribution < 1.29 is 22.0 Å². The van der Waals surface area contributed by atoms with Crippen LogP contribution in [0.15, 0.2) is 24.4 Å².